The Morgan fingerprint density at radius 2 is 2.05 bits per heavy atom. The molecule has 0 saturated heterocycles. The van der Waals surface area contributed by atoms with Crippen LogP contribution in [0, 0.1) is 0 Å². The fourth-order valence-corrected chi connectivity index (χ4v) is 2.18. The van der Waals surface area contributed by atoms with Crippen molar-refractivity contribution in [3.63, 3.8) is 0 Å². The molecule has 0 radical (unpaired) electrons. The highest BCUT2D eigenvalue weighted by Crippen LogP contribution is 2.20. The first-order valence-corrected chi connectivity index (χ1v) is 7.09. The van der Waals surface area contributed by atoms with Crippen LogP contribution >= 0.6 is 11.6 Å². The topological polar surface area (TPSA) is 92.4 Å². The lowest BCUT2D eigenvalue weighted by atomic mass is 10.0. The normalized spacial score (nSPS) is 11.9. The van der Waals surface area contributed by atoms with Crippen molar-refractivity contribution in [2.24, 2.45) is 0 Å². The van der Waals surface area contributed by atoms with Gasteiger partial charge in [-0.1, -0.05) is 30.7 Å². The van der Waals surface area contributed by atoms with Crippen LogP contribution in [-0.2, 0) is 11.2 Å². The first-order chi connectivity index (χ1) is 10.5. The highest BCUT2D eigenvalue weighted by molar-refractivity contribution is 6.30. The van der Waals surface area contributed by atoms with Gasteiger partial charge in [0, 0.05) is 11.4 Å². The fourth-order valence-electron chi connectivity index (χ4n) is 2.06. The SMILES string of the molecule is CCc1ocnc1C(=O)N[C@@H](CC(=O)O)c1ccc(Cl)cc1. The summed E-state index contributed by atoms with van der Waals surface area (Å²) in [5, 5.41) is 12.2. The number of carboxylic acids is 1. The molecule has 2 rings (SSSR count). The van der Waals surface area contributed by atoms with E-state index in [0.29, 0.717) is 22.8 Å². The van der Waals surface area contributed by atoms with Gasteiger partial charge >= 0.3 is 5.97 Å². The molecule has 7 heteroatoms. The summed E-state index contributed by atoms with van der Waals surface area (Å²) in [7, 11) is 0. The lowest BCUT2D eigenvalue weighted by Gasteiger charge is -2.17. The molecule has 0 bridgehead atoms. The van der Waals surface area contributed by atoms with Crippen LogP contribution in [0.2, 0.25) is 5.02 Å². The number of carboxylic acid groups (broad SMARTS) is 1. The predicted molar refractivity (Wildman–Crippen MR) is 79.8 cm³/mol. The second kappa shape index (κ2) is 7.09. The van der Waals surface area contributed by atoms with Gasteiger partial charge in [0.15, 0.2) is 12.1 Å². The number of carbonyl (C=O) groups excluding carboxylic acids is 1. The van der Waals surface area contributed by atoms with Crippen LogP contribution in [0.25, 0.3) is 0 Å². The summed E-state index contributed by atoms with van der Waals surface area (Å²) < 4.78 is 5.11. The molecule has 2 N–H and O–H groups in total. The van der Waals surface area contributed by atoms with Gasteiger partial charge in [0.25, 0.3) is 5.91 Å². The highest BCUT2D eigenvalue weighted by Gasteiger charge is 2.22. The third kappa shape index (κ3) is 3.85. The summed E-state index contributed by atoms with van der Waals surface area (Å²) in [4.78, 5) is 27.2. The summed E-state index contributed by atoms with van der Waals surface area (Å²) in [5.41, 5.74) is 0.827. The van der Waals surface area contributed by atoms with Gasteiger partial charge in [-0.15, -0.1) is 0 Å². The van der Waals surface area contributed by atoms with Gasteiger partial charge in [0.05, 0.1) is 12.5 Å². The van der Waals surface area contributed by atoms with Crippen molar-refractivity contribution in [1.82, 2.24) is 10.3 Å². The van der Waals surface area contributed by atoms with E-state index in [1.165, 1.54) is 6.39 Å². The Morgan fingerprint density at radius 1 is 1.36 bits per heavy atom. The van der Waals surface area contributed by atoms with Gasteiger partial charge in [-0.05, 0) is 17.7 Å². The number of oxazole rings is 1. The number of rotatable bonds is 6. The number of aromatic nitrogens is 1. The molecule has 0 fully saturated rings. The predicted octanol–water partition coefficient (Wildman–Crippen LogP) is 2.84. The summed E-state index contributed by atoms with van der Waals surface area (Å²) in [6.45, 7) is 1.84. The zero-order chi connectivity index (χ0) is 16.1. The number of aryl methyl sites for hydroxylation is 1. The quantitative estimate of drug-likeness (QED) is 0.853. The van der Waals surface area contributed by atoms with Crippen LogP contribution in [-0.4, -0.2) is 22.0 Å². The molecule has 2 aromatic rings. The molecule has 1 atom stereocenters. The number of benzene rings is 1. The van der Waals surface area contributed by atoms with Crippen LogP contribution in [0.5, 0.6) is 0 Å². The van der Waals surface area contributed by atoms with Gasteiger partial charge in [-0.2, -0.15) is 0 Å². The number of nitrogens with zero attached hydrogens (tertiary/aromatic N) is 1. The number of halogens is 1. The molecule has 1 heterocycles. The number of amides is 1. The van der Waals surface area contributed by atoms with Gasteiger partial charge in [-0.25, -0.2) is 4.98 Å². The second-order valence-electron chi connectivity index (χ2n) is 4.65. The van der Waals surface area contributed by atoms with E-state index in [2.05, 4.69) is 10.3 Å². The van der Waals surface area contributed by atoms with Crippen LogP contribution < -0.4 is 5.32 Å². The monoisotopic (exact) mass is 322 g/mol. The summed E-state index contributed by atoms with van der Waals surface area (Å²) in [6.07, 6.45) is 1.47. The standard InChI is InChI=1S/C15H15ClN2O4/c1-2-12-14(17-8-22-12)15(21)18-11(7-13(19)20)9-3-5-10(16)6-4-9/h3-6,8,11H,2,7H2,1H3,(H,18,21)(H,19,20)/t11-/m0/s1. The minimum absolute atomic E-state index is 0.173. The average molecular weight is 323 g/mol. The zero-order valence-corrected chi connectivity index (χ0v) is 12.6. The maximum Gasteiger partial charge on any atom is 0.305 e. The molecule has 116 valence electrons. The molecular weight excluding hydrogens is 308 g/mol. The average Bonchev–Trinajstić information content (AvgIpc) is 2.95. The van der Waals surface area contributed by atoms with Crippen LogP contribution in [0.15, 0.2) is 35.1 Å². The van der Waals surface area contributed by atoms with Crippen LogP contribution in [0.3, 0.4) is 0 Å². The lowest BCUT2D eigenvalue weighted by Crippen LogP contribution is -2.31. The van der Waals surface area contributed by atoms with E-state index in [4.69, 9.17) is 21.1 Å². The number of aliphatic carboxylic acids is 1. The molecule has 1 aromatic heterocycles. The molecule has 0 aliphatic carbocycles. The maximum atomic E-state index is 12.3. The summed E-state index contributed by atoms with van der Waals surface area (Å²) in [6, 6.07) is 5.97. The Labute approximate surface area is 132 Å². The third-order valence-electron chi connectivity index (χ3n) is 3.13. The Hall–Kier alpha value is -2.34. The van der Waals surface area contributed by atoms with Gasteiger partial charge in [0.2, 0.25) is 0 Å². The molecule has 0 aliphatic rings. The van der Waals surface area contributed by atoms with Crippen molar-refractivity contribution in [2.75, 3.05) is 0 Å². The minimum atomic E-state index is -1.02. The number of nitrogens with one attached hydrogen (secondary N) is 1. The Bertz CT molecular complexity index is 666. The molecule has 1 amide bonds. The molecule has 1 aromatic carbocycles. The van der Waals surface area contributed by atoms with Gasteiger partial charge < -0.3 is 14.8 Å². The molecule has 0 saturated carbocycles. The smallest absolute Gasteiger partial charge is 0.305 e. The number of hydrogen-bond donors (Lipinski definition) is 2. The van der Waals surface area contributed by atoms with Crippen LogP contribution in [0.1, 0.15) is 41.2 Å². The van der Waals surface area contributed by atoms with Crippen molar-refractivity contribution in [3.05, 3.63) is 52.7 Å². The highest BCUT2D eigenvalue weighted by atomic mass is 35.5. The lowest BCUT2D eigenvalue weighted by molar-refractivity contribution is -0.137. The second-order valence-corrected chi connectivity index (χ2v) is 5.09. The zero-order valence-electron chi connectivity index (χ0n) is 11.9. The van der Waals surface area contributed by atoms with E-state index in [0.717, 1.165) is 0 Å². The van der Waals surface area contributed by atoms with E-state index in [9.17, 15) is 9.59 Å². The van der Waals surface area contributed by atoms with Crippen molar-refractivity contribution in [2.45, 2.75) is 25.8 Å². The molecule has 0 aliphatic heterocycles. The van der Waals surface area contributed by atoms with Crippen LogP contribution in [0.4, 0.5) is 0 Å². The summed E-state index contributed by atoms with van der Waals surface area (Å²) in [5.74, 6) is -1.02. The summed E-state index contributed by atoms with van der Waals surface area (Å²) >= 11 is 5.82. The Morgan fingerprint density at radius 3 is 2.64 bits per heavy atom. The van der Waals surface area contributed by atoms with Crippen molar-refractivity contribution in [1.29, 1.82) is 0 Å². The van der Waals surface area contributed by atoms with Crippen molar-refractivity contribution >= 4 is 23.5 Å². The third-order valence-corrected chi connectivity index (χ3v) is 3.39. The largest absolute Gasteiger partial charge is 0.481 e. The van der Waals surface area contributed by atoms with Crippen molar-refractivity contribution < 1.29 is 19.1 Å². The molecule has 6 nitrogen and oxygen atoms in total. The van der Waals surface area contributed by atoms with Gasteiger partial charge in [-0.3, -0.25) is 9.59 Å². The molecule has 22 heavy (non-hydrogen) atoms. The molecule has 0 unspecified atom stereocenters. The van der Waals surface area contributed by atoms with E-state index >= 15 is 0 Å². The van der Waals surface area contributed by atoms with E-state index in [-0.39, 0.29) is 12.1 Å². The molecule has 0 spiro atoms. The Kier molecular flexibility index (Phi) is 5.16. The molecular formula is C15H15ClN2O4. The van der Waals surface area contributed by atoms with Gasteiger partial charge in [0.1, 0.15) is 5.76 Å². The van der Waals surface area contributed by atoms with Crippen molar-refractivity contribution in [3.8, 4) is 0 Å². The van der Waals surface area contributed by atoms with E-state index in [1.54, 1.807) is 24.3 Å². The van der Waals surface area contributed by atoms with E-state index < -0.39 is 17.9 Å². The number of carbonyl (C=O) groups is 2. The Balaban J connectivity index is 2.21. The number of hydrogen-bond acceptors (Lipinski definition) is 4. The fraction of sp³-hybridized carbons (Fsp3) is 0.267. The first kappa shape index (κ1) is 16.0. The first-order valence-electron chi connectivity index (χ1n) is 6.71. The van der Waals surface area contributed by atoms with E-state index in [1.807, 2.05) is 6.92 Å². The minimum Gasteiger partial charge on any atom is -0.481 e. The maximum absolute atomic E-state index is 12.3.